The summed E-state index contributed by atoms with van der Waals surface area (Å²) in [5.74, 6) is 0.890. The molecule has 0 radical (unpaired) electrons. The van der Waals surface area contributed by atoms with Gasteiger partial charge >= 0.3 is 0 Å². The summed E-state index contributed by atoms with van der Waals surface area (Å²) in [6, 6.07) is 6.39. The monoisotopic (exact) mass is 217 g/mol. The highest BCUT2D eigenvalue weighted by Gasteiger charge is 2.16. The average Bonchev–Trinajstić information content (AvgIpc) is 2.54. The topological polar surface area (TPSA) is 39.2 Å². The molecule has 2 rings (SSSR count). The zero-order valence-corrected chi connectivity index (χ0v) is 10.4. The second kappa shape index (κ2) is 3.63. The predicted octanol–water partition coefficient (Wildman–Crippen LogP) is 3.50. The van der Waals surface area contributed by atoms with Gasteiger partial charge in [-0.2, -0.15) is 0 Å². The van der Waals surface area contributed by atoms with Gasteiger partial charge in [-0.3, -0.25) is 0 Å². The van der Waals surface area contributed by atoms with Crippen LogP contribution < -0.4 is 5.73 Å². The van der Waals surface area contributed by atoms with Crippen molar-refractivity contribution < 1.29 is 4.42 Å². The molecule has 0 aliphatic heterocycles. The molecule has 0 atom stereocenters. The molecular weight excluding hydrogens is 198 g/mol. The first-order chi connectivity index (χ1) is 7.43. The van der Waals surface area contributed by atoms with Crippen LogP contribution in [0.1, 0.15) is 37.7 Å². The molecule has 2 nitrogen and oxygen atoms in total. The summed E-state index contributed by atoms with van der Waals surface area (Å²) in [6.45, 7) is 9.18. The van der Waals surface area contributed by atoms with Gasteiger partial charge in [0.1, 0.15) is 11.3 Å². The smallest absolute Gasteiger partial charge is 0.134 e. The third kappa shape index (κ3) is 1.74. The van der Waals surface area contributed by atoms with E-state index in [-0.39, 0.29) is 5.41 Å². The van der Waals surface area contributed by atoms with Crippen molar-refractivity contribution in [1.29, 1.82) is 0 Å². The van der Waals surface area contributed by atoms with Crippen molar-refractivity contribution in [1.82, 2.24) is 0 Å². The zero-order chi connectivity index (χ0) is 11.9. The molecule has 2 aromatic rings. The van der Waals surface area contributed by atoms with E-state index < -0.39 is 0 Å². The number of benzene rings is 1. The molecule has 0 bridgehead atoms. The van der Waals surface area contributed by atoms with Crippen molar-refractivity contribution in [2.24, 2.45) is 5.73 Å². The summed E-state index contributed by atoms with van der Waals surface area (Å²) < 4.78 is 5.69. The van der Waals surface area contributed by atoms with Gasteiger partial charge in [-0.25, -0.2) is 0 Å². The van der Waals surface area contributed by atoms with Crippen molar-refractivity contribution in [3.63, 3.8) is 0 Å². The van der Waals surface area contributed by atoms with Crippen LogP contribution in [0.2, 0.25) is 0 Å². The van der Waals surface area contributed by atoms with Crippen LogP contribution in [0.25, 0.3) is 11.0 Å². The van der Waals surface area contributed by atoms with E-state index in [2.05, 4.69) is 39.8 Å². The summed E-state index contributed by atoms with van der Waals surface area (Å²) in [7, 11) is 0. The molecule has 0 saturated heterocycles. The molecule has 2 N–H and O–H groups in total. The summed E-state index contributed by atoms with van der Waals surface area (Å²) in [4.78, 5) is 0. The van der Waals surface area contributed by atoms with E-state index >= 15 is 0 Å². The van der Waals surface area contributed by atoms with Crippen molar-refractivity contribution >= 4 is 11.0 Å². The maximum Gasteiger partial charge on any atom is 0.134 e. The number of rotatable bonds is 1. The Bertz CT molecular complexity index is 517. The molecule has 1 aromatic carbocycles. The summed E-state index contributed by atoms with van der Waals surface area (Å²) >= 11 is 0. The van der Waals surface area contributed by atoms with E-state index in [1.54, 1.807) is 0 Å². The van der Waals surface area contributed by atoms with Gasteiger partial charge in [0.25, 0.3) is 0 Å². The second-order valence-electron chi connectivity index (χ2n) is 5.32. The normalized spacial score (nSPS) is 12.3. The minimum atomic E-state index is 0.167. The van der Waals surface area contributed by atoms with Crippen molar-refractivity contribution in [2.75, 3.05) is 0 Å². The van der Waals surface area contributed by atoms with Gasteiger partial charge in [-0.15, -0.1) is 0 Å². The Balaban J connectivity index is 2.66. The van der Waals surface area contributed by atoms with Gasteiger partial charge in [-0.05, 0) is 35.6 Å². The molecule has 86 valence electrons. The lowest BCUT2D eigenvalue weighted by Crippen LogP contribution is -2.10. The minimum Gasteiger partial charge on any atom is -0.459 e. The van der Waals surface area contributed by atoms with Crippen molar-refractivity contribution in [3.8, 4) is 0 Å². The third-order valence-corrected chi connectivity index (χ3v) is 3.09. The summed E-state index contributed by atoms with van der Waals surface area (Å²) in [5.41, 5.74) is 9.24. The molecule has 16 heavy (non-hydrogen) atoms. The predicted molar refractivity (Wildman–Crippen MR) is 67.5 cm³/mol. The first-order valence-corrected chi connectivity index (χ1v) is 5.66. The maximum atomic E-state index is 5.69. The number of fused-ring (bicyclic) bond motifs is 1. The van der Waals surface area contributed by atoms with Gasteiger partial charge in [0, 0.05) is 5.39 Å². The molecule has 0 spiro atoms. The number of hydrogen-bond acceptors (Lipinski definition) is 2. The van der Waals surface area contributed by atoms with Gasteiger partial charge < -0.3 is 10.2 Å². The lowest BCUT2D eigenvalue weighted by Gasteiger charge is -2.18. The molecule has 0 fully saturated rings. The van der Waals surface area contributed by atoms with Gasteiger partial charge in [0.05, 0.1) is 6.54 Å². The van der Waals surface area contributed by atoms with Crippen LogP contribution in [0.4, 0.5) is 0 Å². The Morgan fingerprint density at radius 2 is 1.94 bits per heavy atom. The standard InChI is InChI=1S/C14H19NO/c1-9-11-7-10(14(2,3)4)5-6-12(11)16-13(9)8-15/h5-7H,8,15H2,1-4H3. The summed E-state index contributed by atoms with van der Waals surface area (Å²) in [6.07, 6.45) is 0. The SMILES string of the molecule is Cc1c(CN)oc2ccc(C(C)(C)C)cc12. The number of aryl methyl sites for hydroxylation is 1. The van der Waals surface area contributed by atoms with Crippen LogP contribution >= 0.6 is 0 Å². The van der Waals surface area contributed by atoms with Crippen LogP contribution in [0.15, 0.2) is 22.6 Å². The number of nitrogens with two attached hydrogens (primary N) is 1. The molecular formula is C14H19NO. The lowest BCUT2D eigenvalue weighted by atomic mass is 9.86. The maximum absolute atomic E-state index is 5.69. The highest BCUT2D eigenvalue weighted by Crippen LogP contribution is 2.30. The van der Waals surface area contributed by atoms with Crippen LogP contribution in [0.3, 0.4) is 0 Å². The van der Waals surface area contributed by atoms with Crippen LogP contribution in [0, 0.1) is 6.92 Å². The fraction of sp³-hybridized carbons (Fsp3) is 0.429. The zero-order valence-electron chi connectivity index (χ0n) is 10.4. The van der Waals surface area contributed by atoms with E-state index in [9.17, 15) is 0 Å². The Morgan fingerprint density at radius 3 is 2.50 bits per heavy atom. The molecule has 1 heterocycles. The fourth-order valence-electron chi connectivity index (χ4n) is 1.93. The first kappa shape index (κ1) is 11.2. The summed E-state index contributed by atoms with van der Waals surface area (Å²) in [5, 5.41) is 1.19. The van der Waals surface area contributed by atoms with E-state index in [1.165, 1.54) is 16.5 Å². The highest BCUT2D eigenvalue weighted by atomic mass is 16.3. The van der Waals surface area contributed by atoms with Crippen LogP contribution in [-0.4, -0.2) is 0 Å². The van der Waals surface area contributed by atoms with E-state index in [0.717, 1.165) is 11.3 Å². The largest absolute Gasteiger partial charge is 0.459 e. The molecule has 2 heteroatoms. The van der Waals surface area contributed by atoms with Crippen molar-refractivity contribution in [2.45, 2.75) is 39.7 Å². The molecule has 0 aliphatic carbocycles. The second-order valence-corrected chi connectivity index (χ2v) is 5.32. The first-order valence-electron chi connectivity index (χ1n) is 5.66. The molecule has 1 aromatic heterocycles. The quantitative estimate of drug-likeness (QED) is 0.794. The number of furan rings is 1. The minimum absolute atomic E-state index is 0.167. The Kier molecular flexibility index (Phi) is 2.55. The van der Waals surface area contributed by atoms with E-state index in [4.69, 9.17) is 10.2 Å². The molecule has 0 unspecified atom stereocenters. The van der Waals surface area contributed by atoms with Gasteiger partial charge in [0.15, 0.2) is 0 Å². The van der Waals surface area contributed by atoms with Crippen molar-refractivity contribution in [3.05, 3.63) is 35.1 Å². The van der Waals surface area contributed by atoms with E-state index in [0.29, 0.717) is 6.54 Å². The molecule has 0 amide bonds. The number of hydrogen-bond donors (Lipinski definition) is 1. The molecule has 0 aliphatic rings. The average molecular weight is 217 g/mol. The van der Waals surface area contributed by atoms with Gasteiger partial charge in [-0.1, -0.05) is 26.8 Å². The fourth-order valence-corrected chi connectivity index (χ4v) is 1.93. The Morgan fingerprint density at radius 1 is 1.25 bits per heavy atom. The Hall–Kier alpha value is -1.28. The van der Waals surface area contributed by atoms with Gasteiger partial charge in [0.2, 0.25) is 0 Å². The van der Waals surface area contributed by atoms with Crippen LogP contribution in [0.5, 0.6) is 0 Å². The van der Waals surface area contributed by atoms with Crippen LogP contribution in [-0.2, 0) is 12.0 Å². The molecule has 0 saturated carbocycles. The highest BCUT2D eigenvalue weighted by molar-refractivity contribution is 5.83. The lowest BCUT2D eigenvalue weighted by molar-refractivity contribution is 0.548. The van der Waals surface area contributed by atoms with E-state index in [1.807, 2.05) is 6.07 Å². The Labute approximate surface area is 96.4 Å². The third-order valence-electron chi connectivity index (χ3n) is 3.09.